The molecule has 0 spiro atoms. The Labute approximate surface area is 205 Å². The molecule has 0 saturated carbocycles. The Morgan fingerprint density at radius 3 is 2.26 bits per heavy atom. The lowest BCUT2D eigenvalue weighted by Gasteiger charge is -2.36. The molecule has 0 aliphatic carbocycles. The number of benzene rings is 3. The summed E-state index contributed by atoms with van der Waals surface area (Å²) in [5.41, 5.74) is 4.02. The van der Waals surface area contributed by atoms with Crippen molar-refractivity contribution < 1.29 is 14.3 Å². The van der Waals surface area contributed by atoms with Gasteiger partial charge in [0.25, 0.3) is 5.91 Å². The highest BCUT2D eigenvalue weighted by Gasteiger charge is 2.21. The standard InChI is InChI=1S/C27H28ClN3O3/c1-20-4-2-3-5-21(20)18-27(33)31-16-14-30(15-17-31)24-10-8-23(9-11-24)29-26(32)19-34-25-12-6-22(28)7-13-25/h2-13H,14-19H2,1H3,(H,29,32). The van der Waals surface area contributed by atoms with Crippen molar-refractivity contribution in [2.45, 2.75) is 13.3 Å². The molecule has 4 rings (SSSR count). The number of aryl methyl sites for hydroxylation is 1. The van der Waals surface area contributed by atoms with E-state index >= 15 is 0 Å². The Hall–Kier alpha value is -3.51. The molecule has 1 saturated heterocycles. The van der Waals surface area contributed by atoms with E-state index in [1.807, 2.05) is 60.4 Å². The lowest BCUT2D eigenvalue weighted by Crippen LogP contribution is -2.49. The molecule has 3 aromatic rings. The largest absolute Gasteiger partial charge is 0.484 e. The summed E-state index contributed by atoms with van der Waals surface area (Å²) in [6, 6.07) is 22.6. The highest BCUT2D eigenvalue weighted by Crippen LogP contribution is 2.21. The van der Waals surface area contributed by atoms with Crippen molar-refractivity contribution in [1.29, 1.82) is 0 Å². The van der Waals surface area contributed by atoms with Crippen LogP contribution < -0.4 is 15.0 Å². The highest BCUT2D eigenvalue weighted by molar-refractivity contribution is 6.30. The quantitative estimate of drug-likeness (QED) is 0.542. The second-order valence-electron chi connectivity index (χ2n) is 8.31. The number of halogens is 1. The van der Waals surface area contributed by atoms with Gasteiger partial charge in [-0.3, -0.25) is 9.59 Å². The number of piperazine rings is 1. The summed E-state index contributed by atoms with van der Waals surface area (Å²) < 4.78 is 5.48. The van der Waals surface area contributed by atoms with Gasteiger partial charge in [-0.25, -0.2) is 0 Å². The van der Waals surface area contributed by atoms with Crippen LogP contribution in [0.3, 0.4) is 0 Å². The van der Waals surface area contributed by atoms with Crippen LogP contribution in [0.2, 0.25) is 5.02 Å². The second-order valence-corrected chi connectivity index (χ2v) is 8.75. The molecule has 0 radical (unpaired) electrons. The molecule has 1 aliphatic rings. The van der Waals surface area contributed by atoms with E-state index < -0.39 is 0 Å². The number of amides is 2. The molecule has 0 unspecified atom stereocenters. The van der Waals surface area contributed by atoms with Crippen LogP contribution in [0, 0.1) is 6.92 Å². The molecule has 1 heterocycles. The van der Waals surface area contributed by atoms with Crippen molar-refractivity contribution in [2.24, 2.45) is 0 Å². The minimum atomic E-state index is -0.233. The van der Waals surface area contributed by atoms with E-state index in [2.05, 4.69) is 10.2 Å². The first kappa shape index (κ1) is 23.6. The van der Waals surface area contributed by atoms with Crippen LogP contribution in [0.1, 0.15) is 11.1 Å². The monoisotopic (exact) mass is 477 g/mol. The number of nitrogens with one attached hydrogen (secondary N) is 1. The zero-order valence-corrected chi connectivity index (χ0v) is 19.9. The van der Waals surface area contributed by atoms with Crippen LogP contribution >= 0.6 is 11.6 Å². The van der Waals surface area contributed by atoms with Gasteiger partial charge in [0.15, 0.2) is 6.61 Å². The Bertz CT molecular complexity index is 1120. The van der Waals surface area contributed by atoms with Crippen molar-refractivity contribution in [3.63, 3.8) is 0 Å². The fourth-order valence-electron chi connectivity index (χ4n) is 3.93. The summed E-state index contributed by atoms with van der Waals surface area (Å²) in [4.78, 5) is 29.1. The maximum Gasteiger partial charge on any atom is 0.262 e. The van der Waals surface area contributed by atoms with Crippen LogP contribution in [0.5, 0.6) is 5.75 Å². The van der Waals surface area contributed by atoms with Gasteiger partial charge in [0.05, 0.1) is 6.42 Å². The zero-order chi connectivity index (χ0) is 23.9. The molecule has 6 nitrogen and oxygen atoms in total. The summed E-state index contributed by atoms with van der Waals surface area (Å²) in [6.45, 7) is 4.91. The van der Waals surface area contributed by atoms with Gasteiger partial charge in [-0.1, -0.05) is 35.9 Å². The van der Waals surface area contributed by atoms with E-state index in [-0.39, 0.29) is 18.4 Å². The van der Waals surface area contributed by atoms with Crippen molar-refractivity contribution >= 4 is 34.8 Å². The number of hydrogen-bond acceptors (Lipinski definition) is 4. The normalized spacial score (nSPS) is 13.5. The van der Waals surface area contributed by atoms with Gasteiger partial charge in [-0.15, -0.1) is 0 Å². The molecule has 1 N–H and O–H groups in total. The fraction of sp³-hybridized carbons (Fsp3) is 0.259. The topological polar surface area (TPSA) is 61.9 Å². The van der Waals surface area contributed by atoms with Gasteiger partial charge < -0.3 is 19.9 Å². The first-order valence-corrected chi connectivity index (χ1v) is 11.7. The average Bonchev–Trinajstić information content (AvgIpc) is 2.86. The Balaban J connectivity index is 1.23. The molecule has 176 valence electrons. The summed E-state index contributed by atoms with van der Waals surface area (Å²) in [5.74, 6) is 0.530. The van der Waals surface area contributed by atoms with Crippen molar-refractivity contribution in [2.75, 3.05) is 43.0 Å². The molecule has 1 aliphatic heterocycles. The van der Waals surface area contributed by atoms with E-state index in [1.54, 1.807) is 24.3 Å². The minimum Gasteiger partial charge on any atom is -0.484 e. The van der Waals surface area contributed by atoms with Gasteiger partial charge in [0, 0.05) is 42.6 Å². The summed E-state index contributed by atoms with van der Waals surface area (Å²) in [7, 11) is 0. The van der Waals surface area contributed by atoms with E-state index in [9.17, 15) is 9.59 Å². The second kappa shape index (κ2) is 11.1. The molecule has 0 aromatic heterocycles. The maximum atomic E-state index is 12.7. The Morgan fingerprint density at radius 1 is 0.912 bits per heavy atom. The predicted octanol–water partition coefficient (Wildman–Crippen LogP) is 4.56. The third-order valence-corrected chi connectivity index (χ3v) is 6.19. The molecule has 0 bridgehead atoms. The van der Waals surface area contributed by atoms with Gasteiger partial charge in [0.2, 0.25) is 5.91 Å². The van der Waals surface area contributed by atoms with Crippen LogP contribution in [-0.2, 0) is 16.0 Å². The summed E-state index contributed by atoms with van der Waals surface area (Å²) >= 11 is 5.85. The van der Waals surface area contributed by atoms with Crippen LogP contribution in [-0.4, -0.2) is 49.5 Å². The van der Waals surface area contributed by atoms with Gasteiger partial charge in [-0.2, -0.15) is 0 Å². The van der Waals surface area contributed by atoms with Gasteiger partial charge in [0.1, 0.15) is 5.75 Å². The molecule has 2 amide bonds. The SMILES string of the molecule is Cc1ccccc1CC(=O)N1CCN(c2ccc(NC(=O)COc3ccc(Cl)cc3)cc2)CC1. The van der Waals surface area contributed by atoms with Crippen LogP contribution in [0.15, 0.2) is 72.8 Å². The number of hydrogen-bond donors (Lipinski definition) is 1. The highest BCUT2D eigenvalue weighted by atomic mass is 35.5. The molecular formula is C27H28ClN3O3. The number of nitrogens with zero attached hydrogens (tertiary/aromatic N) is 2. The molecule has 7 heteroatoms. The Morgan fingerprint density at radius 2 is 1.59 bits per heavy atom. The number of anilines is 2. The smallest absolute Gasteiger partial charge is 0.262 e. The minimum absolute atomic E-state index is 0.0815. The lowest BCUT2D eigenvalue weighted by molar-refractivity contribution is -0.130. The van der Waals surface area contributed by atoms with E-state index in [1.165, 1.54) is 0 Å². The molecule has 3 aromatic carbocycles. The van der Waals surface area contributed by atoms with Crippen molar-refractivity contribution in [3.05, 3.63) is 88.9 Å². The molecular weight excluding hydrogens is 450 g/mol. The summed E-state index contributed by atoms with van der Waals surface area (Å²) in [6.07, 6.45) is 0.447. The first-order chi connectivity index (χ1) is 16.5. The first-order valence-electron chi connectivity index (χ1n) is 11.3. The van der Waals surface area contributed by atoms with Crippen molar-refractivity contribution in [3.8, 4) is 5.75 Å². The number of ether oxygens (including phenoxy) is 1. The maximum absolute atomic E-state index is 12.7. The fourth-order valence-corrected chi connectivity index (χ4v) is 4.06. The van der Waals surface area contributed by atoms with E-state index in [0.29, 0.717) is 36.0 Å². The third kappa shape index (κ3) is 6.29. The molecule has 34 heavy (non-hydrogen) atoms. The average molecular weight is 478 g/mol. The van der Waals surface area contributed by atoms with Crippen LogP contribution in [0.4, 0.5) is 11.4 Å². The van der Waals surface area contributed by atoms with Crippen LogP contribution in [0.25, 0.3) is 0 Å². The number of carbonyl (C=O) groups is 2. The molecule has 1 fully saturated rings. The number of carbonyl (C=O) groups excluding carboxylic acids is 2. The summed E-state index contributed by atoms with van der Waals surface area (Å²) in [5, 5.41) is 3.46. The molecule has 0 atom stereocenters. The number of rotatable bonds is 7. The zero-order valence-electron chi connectivity index (χ0n) is 19.2. The third-order valence-electron chi connectivity index (χ3n) is 5.94. The van der Waals surface area contributed by atoms with Gasteiger partial charge in [-0.05, 0) is 66.6 Å². The van der Waals surface area contributed by atoms with E-state index in [0.717, 1.165) is 29.9 Å². The Kier molecular flexibility index (Phi) is 7.70. The van der Waals surface area contributed by atoms with E-state index in [4.69, 9.17) is 16.3 Å². The lowest BCUT2D eigenvalue weighted by atomic mass is 10.1. The van der Waals surface area contributed by atoms with Gasteiger partial charge >= 0.3 is 0 Å². The predicted molar refractivity (Wildman–Crippen MR) is 136 cm³/mol. The van der Waals surface area contributed by atoms with Crippen molar-refractivity contribution in [1.82, 2.24) is 4.90 Å².